The highest BCUT2D eigenvalue weighted by Gasteiger charge is 2.51. The van der Waals surface area contributed by atoms with E-state index in [2.05, 4.69) is 126 Å². The molecule has 2 heterocycles. The third-order valence-corrected chi connectivity index (χ3v) is 9.05. The average molecular weight is 551 g/mol. The molecule has 0 aliphatic heterocycles. The van der Waals surface area contributed by atoms with E-state index in [-0.39, 0.29) is 12.2 Å². The first-order valence-electron chi connectivity index (χ1n) is 14.2. The Kier molecular flexibility index (Phi) is 4.75. The number of nitrogens with zero attached hydrogens (tertiary/aromatic N) is 4. The van der Waals surface area contributed by atoms with Gasteiger partial charge in [0.05, 0.1) is 12.0 Å². The van der Waals surface area contributed by atoms with E-state index in [0.717, 1.165) is 16.5 Å². The van der Waals surface area contributed by atoms with Crippen LogP contribution in [0.25, 0.3) is 55.4 Å². The summed E-state index contributed by atoms with van der Waals surface area (Å²) in [5.74, 6) is 0.446. The second-order valence-electron chi connectivity index (χ2n) is 11.1. The number of fused-ring (bicyclic) bond motifs is 13. The van der Waals surface area contributed by atoms with E-state index >= 15 is 0 Å². The lowest BCUT2D eigenvalue weighted by atomic mass is 9.70. The van der Waals surface area contributed by atoms with Gasteiger partial charge < -0.3 is 4.42 Å². The van der Waals surface area contributed by atoms with Crippen LogP contribution in [-0.4, -0.2) is 16.7 Å². The van der Waals surface area contributed by atoms with E-state index in [1.165, 1.54) is 44.5 Å². The monoisotopic (exact) mass is 550 g/mol. The van der Waals surface area contributed by atoms with E-state index < -0.39 is 5.41 Å². The summed E-state index contributed by atoms with van der Waals surface area (Å²) in [6, 6.07) is 41.5. The maximum atomic E-state index is 9.78. The zero-order chi connectivity index (χ0) is 28.7. The van der Waals surface area contributed by atoms with Gasteiger partial charge in [0.15, 0.2) is 17.1 Å². The van der Waals surface area contributed by atoms with Gasteiger partial charge in [0.25, 0.3) is 0 Å². The predicted octanol–water partition coefficient (Wildman–Crippen LogP) is 8.46. The normalized spacial score (nSPS) is 13.5. The molecule has 2 aliphatic carbocycles. The van der Waals surface area contributed by atoms with Crippen LogP contribution in [0.5, 0.6) is 0 Å². The Morgan fingerprint density at radius 3 is 2.05 bits per heavy atom. The fourth-order valence-corrected chi connectivity index (χ4v) is 7.49. The van der Waals surface area contributed by atoms with Gasteiger partial charge in [-0.25, -0.2) is 9.97 Å². The highest BCUT2D eigenvalue weighted by molar-refractivity contribution is 6.07. The summed E-state index contributed by atoms with van der Waals surface area (Å²) < 4.78 is 6.11. The van der Waals surface area contributed by atoms with Crippen molar-refractivity contribution < 1.29 is 4.42 Å². The lowest BCUT2D eigenvalue weighted by Crippen LogP contribution is -2.25. The lowest BCUT2D eigenvalue weighted by Gasteiger charge is -2.30. The molecule has 1 spiro atoms. The van der Waals surface area contributed by atoms with Gasteiger partial charge in [-0.2, -0.15) is 5.26 Å². The molecule has 43 heavy (non-hydrogen) atoms. The van der Waals surface area contributed by atoms with Crippen LogP contribution in [-0.2, 0) is 12.0 Å². The minimum absolute atomic E-state index is 0.205. The molecule has 7 aromatic rings. The van der Waals surface area contributed by atoms with Crippen molar-refractivity contribution in [1.29, 1.82) is 5.26 Å². The number of nitriles is 1. The highest BCUT2D eigenvalue weighted by atomic mass is 16.3. The fourth-order valence-electron chi connectivity index (χ4n) is 7.49. The van der Waals surface area contributed by atoms with Crippen molar-refractivity contribution in [2.45, 2.75) is 12.0 Å². The van der Waals surface area contributed by atoms with Gasteiger partial charge in [-0.05, 0) is 74.5 Å². The molecule has 9 rings (SSSR count). The third kappa shape index (κ3) is 2.97. The maximum absolute atomic E-state index is 9.78. The average Bonchev–Trinajstić information content (AvgIpc) is 3.68. The molecule has 0 saturated carbocycles. The number of hydrogen-bond donors (Lipinski definition) is 0. The third-order valence-electron chi connectivity index (χ3n) is 9.05. The Hall–Kier alpha value is -5.86. The Bertz CT molecular complexity index is 2330. The summed E-state index contributed by atoms with van der Waals surface area (Å²) >= 11 is 0. The second-order valence-corrected chi connectivity index (χ2v) is 11.1. The minimum atomic E-state index is -0.400. The smallest absolute Gasteiger partial charge is 0.190 e. The first kappa shape index (κ1) is 23.8. The van der Waals surface area contributed by atoms with Crippen molar-refractivity contribution in [3.63, 3.8) is 0 Å². The number of rotatable bonds is 3. The molecule has 5 heteroatoms. The zero-order valence-electron chi connectivity index (χ0n) is 23.0. The van der Waals surface area contributed by atoms with Gasteiger partial charge in [0.2, 0.25) is 0 Å². The molecule has 2 aromatic heterocycles. The van der Waals surface area contributed by atoms with Crippen LogP contribution in [0.4, 0.5) is 0 Å². The van der Waals surface area contributed by atoms with Crippen LogP contribution in [0.1, 0.15) is 33.8 Å². The molecule has 0 radical (unpaired) electrons. The van der Waals surface area contributed by atoms with Crippen molar-refractivity contribution in [2.24, 2.45) is 4.99 Å². The van der Waals surface area contributed by atoms with Crippen LogP contribution >= 0.6 is 0 Å². The first-order valence-corrected chi connectivity index (χ1v) is 14.2. The first-order chi connectivity index (χ1) is 21.2. The highest BCUT2D eigenvalue weighted by Crippen LogP contribution is 2.63. The van der Waals surface area contributed by atoms with E-state index in [4.69, 9.17) is 9.40 Å². The van der Waals surface area contributed by atoms with Crippen molar-refractivity contribution >= 4 is 28.8 Å². The topological polar surface area (TPSA) is 75.1 Å². The van der Waals surface area contributed by atoms with Crippen molar-refractivity contribution in [1.82, 2.24) is 9.97 Å². The molecule has 5 aromatic carbocycles. The van der Waals surface area contributed by atoms with Crippen LogP contribution in [0.2, 0.25) is 0 Å². The molecule has 0 saturated heterocycles. The van der Waals surface area contributed by atoms with Gasteiger partial charge in [-0.15, -0.1) is 0 Å². The second kappa shape index (κ2) is 8.58. The summed E-state index contributed by atoms with van der Waals surface area (Å²) in [7, 11) is 0. The molecule has 0 atom stereocenters. The van der Waals surface area contributed by atoms with Crippen LogP contribution in [0.15, 0.2) is 119 Å². The van der Waals surface area contributed by atoms with Crippen LogP contribution in [0.3, 0.4) is 0 Å². The summed E-state index contributed by atoms with van der Waals surface area (Å²) in [6.45, 7) is 3.80. The molecular formula is C38H22N4O. The van der Waals surface area contributed by atoms with E-state index in [1.54, 1.807) is 0 Å². The molecular weight excluding hydrogens is 528 g/mol. The van der Waals surface area contributed by atoms with Gasteiger partial charge in [0.1, 0.15) is 17.2 Å². The molecule has 0 N–H and O–H groups in total. The van der Waals surface area contributed by atoms with E-state index in [1.807, 2.05) is 6.07 Å². The summed E-state index contributed by atoms with van der Waals surface area (Å²) in [5.41, 5.74) is 14.0. The molecule has 0 unspecified atom stereocenters. The molecule has 0 fully saturated rings. The van der Waals surface area contributed by atoms with Gasteiger partial charge >= 0.3 is 0 Å². The van der Waals surface area contributed by atoms with Crippen LogP contribution in [0, 0.1) is 11.3 Å². The molecule has 0 amide bonds. The number of aliphatic imine (C=N–C) groups is 1. The maximum Gasteiger partial charge on any atom is 0.190 e. The number of hydrogen-bond acceptors (Lipinski definition) is 5. The molecule has 0 bridgehead atoms. The molecule has 200 valence electrons. The van der Waals surface area contributed by atoms with Gasteiger partial charge in [-0.1, -0.05) is 97.1 Å². The van der Waals surface area contributed by atoms with Crippen molar-refractivity contribution in [3.8, 4) is 39.4 Å². The Morgan fingerprint density at radius 1 is 0.721 bits per heavy atom. The largest absolute Gasteiger partial charge is 0.451 e. The summed E-state index contributed by atoms with van der Waals surface area (Å²) in [5, 5.41) is 10.6. The van der Waals surface area contributed by atoms with E-state index in [0.29, 0.717) is 22.5 Å². The standard InChI is InChI=1S/C38H22N4O/c1-40-21-34-41-32(20-39)37-36(42-34)27-19-22(17-18-33(27)43-37)23-12-8-16-31-35(23)26-11-4-7-15-30(26)38(31)28-13-5-2-9-24(28)25-10-3-6-14-29(25)38/h2-19H,1,21H2. The quantitative estimate of drug-likeness (QED) is 0.207. The fraction of sp³-hybridized carbons (Fsp3) is 0.0526. The minimum Gasteiger partial charge on any atom is -0.451 e. The number of aromatic nitrogens is 2. The number of furan rings is 1. The van der Waals surface area contributed by atoms with Gasteiger partial charge in [-0.3, -0.25) is 4.99 Å². The van der Waals surface area contributed by atoms with Crippen molar-refractivity contribution in [3.05, 3.63) is 143 Å². The Balaban J connectivity index is 1.35. The summed E-state index contributed by atoms with van der Waals surface area (Å²) in [6.07, 6.45) is 0. The molecule has 2 aliphatic rings. The Morgan fingerprint density at radius 2 is 1.35 bits per heavy atom. The SMILES string of the molecule is C=NCc1nc(C#N)c2oc3ccc(-c4cccc5c4-c4ccccc4C54c5ccccc5-c5ccccc54)cc3c2n1. The molecule has 5 nitrogen and oxygen atoms in total. The lowest BCUT2D eigenvalue weighted by molar-refractivity contribution is 0.662. The van der Waals surface area contributed by atoms with Crippen molar-refractivity contribution in [2.75, 3.05) is 0 Å². The van der Waals surface area contributed by atoms with E-state index in [9.17, 15) is 5.26 Å². The Labute approximate surface area is 247 Å². The van der Waals surface area contributed by atoms with Crippen LogP contribution < -0.4 is 0 Å². The zero-order valence-corrected chi connectivity index (χ0v) is 23.0. The number of benzene rings is 5. The summed E-state index contributed by atoms with van der Waals surface area (Å²) in [4.78, 5) is 13.0. The predicted molar refractivity (Wildman–Crippen MR) is 169 cm³/mol. The van der Waals surface area contributed by atoms with Gasteiger partial charge in [0, 0.05) is 5.39 Å².